The Morgan fingerprint density at radius 1 is 1.50 bits per heavy atom. The standard InChI is InChI=1S/C3H7.CH4O.Mg/c1-3-2;1-2;/h1,3H2,2H3;2H,1H3;/q;;+2. The Balaban J connectivity index is 0. The van der Waals surface area contributed by atoms with Crippen molar-refractivity contribution in [2.75, 3.05) is 7.11 Å². The zero-order valence-corrected chi connectivity index (χ0v) is 5.98. The average Bonchev–Trinajstić information content (AvgIpc) is 1.72. The Morgan fingerprint density at radius 2 is 1.67 bits per heavy atom. The molecule has 0 saturated carbocycles. The van der Waals surface area contributed by atoms with Crippen LogP contribution in [0.1, 0.15) is 13.3 Å². The number of aliphatic hydroxyl groups is 1. The number of aliphatic hydroxyl groups excluding tert-OH is 1. The molecule has 0 aliphatic rings. The molecule has 7 radical (unpaired) electrons. The predicted octanol–water partition coefficient (Wildman–Crippen LogP) is 0.592. The SMILES string of the molecule is CC[CH2][Mg+2].CO. The second-order valence-electron chi connectivity index (χ2n) is 0.854. The lowest BCUT2D eigenvalue weighted by molar-refractivity contribution is 0.399. The van der Waals surface area contributed by atoms with Crippen LogP contribution in [0.25, 0.3) is 0 Å². The molecule has 0 spiro atoms. The van der Waals surface area contributed by atoms with Crippen LogP contribution in [0.3, 0.4) is 0 Å². The van der Waals surface area contributed by atoms with Gasteiger partial charge in [0.05, 0.1) is 0 Å². The van der Waals surface area contributed by atoms with Gasteiger partial charge in [-0.05, 0) is 0 Å². The van der Waals surface area contributed by atoms with E-state index in [4.69, 9.17) is 5.11 Å². The van der Waals surface area contributed by atoms with Crippen LogP contribution < -0.4 is 0 Å². The Bertz CT molecular complexity index is 9.51. The molecule has 1 N–H and O–H groups in total. The summed E-state index contributed by atoms with van der Waals surface area (Å²) in [5.74, 6) is 0. The summed E-state index contributed by atoms with van der Waals surface area (Å²) in [6.07, 6.45) is 1.33. The molecule has 0 heterocycles. The summed E-state index contributed by atoms with van der Waals surface area (Å²) in [5, 5.41) is 7.00. The molecule has 0 aliphatic carbocycles. The summed E-state index contributed by atoms with van der Waals surface area (Å²) in [4.78, 5) is 0. The molecule has 0 unspecified atom stereocenters. The third-order valence-corrected chi connectivity index (χ3v) is 1.06. The molecule has 0 aromatic rings. The van der Waals surface area contributed by atoms with E-state index in [1.165, 1.54) is 11.0 Å². The maximum atomic E-state index is 7.00. The molecule has 0 rings (SSSR count). The molecule has 0 saturated heterocycles. The zero-order chi connectivity index (χ0) is 5.41. The highest BCUT2D eigenvalue weighted by Crippen LogP contribution is 1.73. The van der Waals surface area contributed by atoms with Crippen LogP contribution in [0.15, 0.2) is 0 Å². The van der Waals surface area contributed by atoms with E-state index < -0.39 is 0 Å². The van der Waals surface area contributed by atoms with Gasteiger partial charge in [-0.3, -0.25) is 0 Å². The van der Waals surface area contributed by atoms with Crippen LogP contribution in [0, 0.1) is 0 Å². The van der Waals surface area contributed by atoms with E-state index >= 15 is 0 Å². The van der Waals surface area contributed by atoms with Crippen molar-refractivity contribution >= 4 is 21.7 Å². The van der Waals surface area contributed by atoms with Gasteiger partial charge in [0.2, 0.25) is 0 Å². The highest BCUT2D eigenvalue weighted by molar-refractivity contribution is 6.08. The number of rotatable bonds is 1. The predicted molar refractivity (Wildman–Crippen MR) is 29.0 cm³/mol. The second-order valence-corrected chi connectivity index (χ2v) is 1.56. The van der Waals surface area contributed by atoms with Crippen molar-refractivity contribution in [2.24, 2.45) is 0 Å². The highest BCUT2D eigenvalue weighted by Gasteiger charge is 2.17. The van der Waals surface area contributed by atoms with Crippen LogP contribution in [-0.2, 0) is 0 Å². The van der Waals surface area contributed by atoms with Crippen LogP contribution >= 0.6 is 0 Å². The lowest BCUT2D eigenvalue weighted by atomic mass is 10.6. The van der Waals surface area contributed by atoms with Gasteiger partial charge in [-0.1, -0.05) is 6.92 Å². The second kappa shape index (κ2) is 17.2. The molecule has 2 heteroatoms. The molecule has 0 aromatic carbocycles. The normalized spacial score (nSPS) is 6.00. The van der Waals surface area contributed by atoms with Crippen molar-refractivity contribution in [2.45, 2.75) is 17.9 Å². The summed E-state index contributed by atoms with van der Waals surface area (Å²) in [5.41, 5.74) is 0. The van der Waals surface area contributed by atoms with Gasteiger partial charge in [-0.2, -0.15) is 0 Å². The summed E-state index contributed by atoms with van der Waals surface area (Å²) < 4.78 is 1.35. The van der Waals surface area contributed by atoms with Gasteiger partial charge in [0.1, 0.15) is 0 Å². The third-order valence-electron chi connectivity index (χ3n) is 0.354. The lowest BCUT2D eigenvalue weighted by Gasteiger charge is -1.44. The summed E-state index contributed by atoms with van der Waals surface area (Å²) >= 11 is 2.02. The monoisotopic (exact) mass is 99.1 g/mol. The van der Waals surface area contributed by atoms with Crippen molar-refractivity contribution in [1.29, 1.82) is 0 Å². The zero-order valence-electron chi connectivity index (χ0n) is 4.57. The van der Waals surface area contributed by atoms with Crippen molar-refractivity contribution in [3.63, 3.8) is 0 Å². The van der Waals surface area contributed by atoms with E-state index in [1.807, 2.05) is 21.7 Å². The van der Waals surface area contributed by atoms with Crippen molar-refractivity contribution in [1.82, 2.24) is 0 Å². The van der Waals surface area contributed by atoms with Gasteiger partial charge in [0.25, 0.3) is 4.55 Å². The topological polar surface area (TPSA) is 20.2 Å². The first-order valence-corrected chi connectivity index (χ1v) is 3.15. The first kappa shape index (κ1) is 9.87. The third kappa shape index (κ3) is 22.0. The summed E-state index contributed by atoms with van der Waals surface area (Å²) in [6.45, 7) is 2.19. The van der Waals surface area contributed by atoms with Gasteiger partial charge < -0.3 is 5.11 Å². The quantitative estimate of drug-likeness (QED) is 0.477. The smallest absolute Gasteiger partial charge is 0.400 e. The molecule has 6 heavy (non-hydrogen) atoms. The lowest BCUT2D eigenvalue weighted by Crippen LogP contribution is -1.55. The van der Waals surface area contributed by atoms with E-state index in [0.29, 0.717) is 0 Å². The van der Waals surface area contributed by atoms with Crippen molar-refractivity contribution in [3.8, 4) is 0 Å². The van der Waals surface area contributed by atoms with E-state index in [0.717, 1.165) is 7.11 Å². The first-order valence-electron chi connectivity index (χ1n) is 2.15. The fourth-order valence-electron chi connectivity index (χ4n) is 0. The van der Waals surface area contributed by atoms with Gasteiger partial charge in [-0.25, -0.2) is 0 Å². The molecule has 1 nitrogen and oxygen atoms in total. The Kier molecular flexibility index (Phi) is 28.3. The van der Waals surface area contributed by atoms with Gasteiger partial charge in [-0.15, -0.1) is 0 Å². The number of hydrogen-bond donors (Lipinski definition) is 1. The molecule has 0 aromatic heterocycles. The van der Waals surface area contributed by atoms with Crippen LogP contribution in [0.5, 0.6) is 0 Å². The maximum absolute atomic E-state index is 7.00. The van der Waals surface area contributed by atoms with Gasteiger partial charge >= 0.3 is 21.7 Å². The van der Waals surface area contributed by atoms with E-state index in [2.05, 4.69) is 6.92 Å². The average molecular weight is 99.4 g/mol. The molecule has 33 valence electrons. The Morgan fingerprint density at radius 3 is 1.67 bits per heavy atom. The maximum Gasteiger partial charge on any atom is 1.41 e. The molecule has 0 atom stereocenters. The Hall–Kier alpha value is 0.726. The van der Waals surface area contributed by atoms with Crippen molar-refractivity contribution < 1.29 is 5.11 Å². The molecular formula is C4H11MgO+2. The molecule has 0 aliphatic heterocycles. The van der Waals surface area contributed by atoms with E-state index in [-0.39, 0.29) is 0 Å². The highest BCUT2D eigenvalue weighted by atomic mass is 24.4. The largest absolute Gasteiger partial charge is 1.41 e. The van der Waals surface area contributed by atoms with Gasteiger partial charge in [0, 0.05) is 13.5 Å². The summed E-state index contributed by atoms with van der Waals surface area (Å²) in [7, 11) is 1.00. The minimum atomic E-state index is 1.00. The van der Waals surface area contributed by atoms with Crippen LogP contribution in [0.2, 0.25) is 4.55 Å². The molecule has 0 amide bonds. The minimum absolute atomic E-state index is 1.00. The fourth-order valence-corrected chi connectivity index (χ4v) is 0. The van der Waals surface area contributed by atoms with Crippen molar-refractivity contribution in [3.05, 3.63) is 0 Å². The molecular weight excluding hydrogens is 88.3 g/mol. The summed E-state index contributed by atoms with van der Waals surface area (Å²) in [6, 6.07) is 0. The van der Waals surface area contributed by atoms with Crippen LogP contribution in [0.4, 0.5) is 0 Å². The fraction of sp³-hybridized carbons (Fsp3) is 1.00. The van der Waals surface area contributed by atoms with E-state index in [1.54, 1.807) is 0 Å². The van der Waals surface area contributed by atoms with Gasteiger partial charge in [0.15, 0.2) is 0 Å². The first-order chi connectivity index (χ1) is 2.91. The molecule has 0 fully saturated rings. The Labute approximate surface area is 52.2 Å². The van der Waals surface area contributed by atoms with Crippen LogP contribution in [-0.4, -0.2) is 33.9 Å². The van der Waals surface area contributed by atoms with E-state index in [9.17, 15) is 0 Å². The molecule has 0 bridgehead atoms. The number of hydrogen-bond acceptors (Lipinski definition) is 1. The minimum Gasteiger partial charge on any atom is -0.400 e.